The zero-order chi connectivity index (χ0) is 17.4. The number of hydrogen-bond acceptors (Lipinski definition) is 5. The SMILES string of the molecule is CN(C)c1ccc(N=Nc2ccc3nn(C)nc3c2)c2ccccc12. The van der Waals surface area contributed by atoms with Crippen LogP contribution in [-0.2, 0) is 7.05 Å². The van der Waals surface area contributed by atoms with E-state index in [9.17, 15) is 0 Å². The molecular formula is C19H18N6. The van der Waals surface area contributed by atoms with Gasteiger partial charge in [0, 0.05) is 37.6 Å². The highest BCUT2D eigenvalue weighted by Gasteiger charge is 2.07. The molecule has 0 aliphatic rings. The summed E-state index contributed by atoms with van der Waals surface area (Å²) in [6.45, 7) is 0. The minimum absolute atomic E-state index is 0.758. The van der Waals surface area contributed by atoms with E-state index in [0.29, 0.717) is 0 Å². The van der Waals surface area contributed by atoms with Crippen molar-refractivity contribution in [2.75, 3.05) is 19.0 Å². The van der Waals surface area contributed by atoms with Crippen molar-refractivity contribution in [2.24, 2.45) is 17.3 Å². The van der Waals surface area contributed by atoms with Crippen molar-refractivity contribution in [1.29, 1.82) is 0 Å². The Kier molecular flexibility index (Phi) is 3.65. The fourth-order valence-electron chi connectivity index (χ4n) is 2.93. The number of fused-ring (bicyclic) bond motifs is 2. The molecule has 0 aliphatic carbocycles. The largest absolute Gasteiger partial charge is 0.377 e. The first-order chi connectivity index (χ1) is 12.1. The molecule has 0 radical (unpaired) electrons. The molecule has 0 bridgehead atoms. The maximum atomic E-state index is 4.47. The van der Waals surface area contributed by atoms with E-state index in [1.807, 2.05) is 50.5 Å². The quantitative estimate of drug-likeness (QED) is 0.516. The Hall–Kier alpha value is -3.28. The number of azo groups is 1. The third-order valence-corrected chi connectivity index (χ3v) is 4.10. The molecule has 0 unspecified atom stereocenters. The lowest BCUT2D eigenvalue weighted by Gasteiger charge is -2.16. The Labute approximate surface area is 145 Å². The van der Waals surface area contributed by atoms with Crippen molar-refractivity contribution in [3.63, 3.8) is 0 Å². The van der Waals surface area contributed by atoms with Gasteiger partial charge in [0.05, 0.1) is 11.4 Å². The molecule has 1 aromatic heterocycles. The molecule has 1 heterocycles. The van der Waals surface area contributed by atoms with Crippen LogP contribution >= 0.6 is 0 Å². The predicted octanol–water partition coefficient (Wildman–Crippen LogP) is 4.60. The molecule has 0 saturated carbocycles. The summed E-state index contributed by atoms with van der Waals surface area (Å²) in [6.07, 6.45) is 0. The first kappa shape index (κ1) is 15.3. The molecule has 0 amide bonds. The molecule has 0 aliphatic heterocycles. The normalized spacial score (nSPS) is 11.6. The monoisotopic (exact) mass is 330 g/mol. The first-order valence-electron chi connectivity index (χ1n) is 8.04. The van der Waals surface area contributed by atoms with E-state index in [2.05, 4.69) is 43.5 Å². The van der Waals surface area contributed by atoms with Crippen LogP contribution in [0.5, 0.6) is 0 Å². The van der Waals surface area contributed by atoms with Gasteiger partial charge in [-0.1, -0.05) is 24.3 Å². The van der Waals surface area contributed by atoms with Crippen LogP contribution < -0.4 is 4.90 Å². The van der Waals surface area contributed by atoms with Gasteiger partial charge in [0.15, 0.2) is 0 Å². The number of aryl methyl sites for hydroxylation is 1. The summed E-state index contributed by atoms with van der Waals surface area (Å²) in [6, 6.07) is 18.0. The number of rotatable bonds is 3. The fraction of sp³-hybridized carbons (Fsp3) is 0.158. The van der Waals surface area contributed by atoms with Gasteiger partial charge in [-0.25, -0.2) is 0 Å². The van der Waals surface area contributed by atoms with E-state index in [-0.39, 0.29) is 0 Å². The van der Waals surface area contributed by atoms with Gasteiger partial charge in [0.2, 0.25) is 0 Å². The van der Waals surface area contributed by atoms with Crippen molar-refractivity contribution in [2.45, 2.75) is 0 Å². The third kappa shape index (κ3) is 2.82. The van der Waals surface area contributed by atoms with E-state index in [1.54, 1.807) is 11.8 Å². The van der Waals surface area contributed by atoms with Crippen molar-refractivity contribution in [3.05, 3.63) is 54.6 Å². The second kappa shape index (κ2) is 5.98. The molecule has 25 heavy (non-hydrogen) atoms. The Morgan fingerprint density at radius 3 is 2.40 bits per heavy atom. The lowest BCUT2D eigenvalue weighted by atomic mass is 10.1. The maximum absolute atomic E-state index is 4.47. The van der Waals surface area contributed by atoms with Gasteiger partial charge in [-0.3, -0.25) is 0 Å². The molecular weight excluding hydrogens is 312 g/mol. The number of anilines is 1. The molecule has 4 aromatic rings. The van der Waals surface area contributed by atoms with Gasteiger partial charge in [0.1, 0.15) is 11.0 Å². The topological polar surface area (TPSA) is 58.7 Å². The minimum atomic E-state index is 0.758. The lowest BCUT2D eigenvalue weighted by molar-refractivity contribution is 0.665. The number of hydrogen-bond donors (Lipinski definition) is 0. The van der Waals surface area contributed by atoms with Gasteiger partial charge >= 0.3 is 0 Å². The summed E-state index contributed by atoms with van der Waals surface area (Å²) in [4.78, 5) is 3.66. The average Bonchev–Trinajstić information content (AvgIpc) is 2.98. The van der Waals surface area contributed by atoms with Crippen molar-refractivity contribution < 1.29 is 0 Å². The smallest absolute Gasteiger partial charge is 0.115 e. The number of aromatic nitrogens is 3. The molecule has 0 saturated heterocycles. The Morgan fingerprint density at radius 1 is 0.840 bits per heavy atom. The lowest BCUT2D eigenvalue weighted by Crippen LogP contribution is -2.08. The molecule has 0 fully saturated rings. The first-order valence-corrected chi connectivity index (χ1v) is 8.04. The zero-order valence-corrected chi connectivity index (χ0v) is 14.4. The zero-order valence-electron chi connectivity index (χ0n) is 14.4. The molecule has 0 N–H and O–H groups in total. The van der Waals surface area contributed by atoms with Gasteiger partial charge in [0.25, 0.3) is 0 Å². The Bertz CT molecular complexity index is 1090. The van der Waals surface area contributed by atoms with Crippen LogP contribution in [0.2, 0.25) is 0 Å². The molecule has 6 heteroatoms. The Morgan fingerprint density at radius 2 is 1.60 bits per heavy atom. The van der Waals surface area contributed by atoms with Gasteiger partial charge < -0.3 is 4.90 Å². The summed E-state index contributed by atoms with van der Waals surface area (Å²) in [5, 5.41) is 19.7. The van der Waals surface area contributed by atoms with Crippen LogP contribution in [0.1, 0.15) is 0 Å². The molecule has 6 nitrogen and oxygen atoms in total. The highest BCUT2D eigenvalue weighted by atomic mass is 15.4. The summed E-state index contributed by atoms with van der Waals surface area (Å²) < 4.78 is 0. The van der Waals surface area contributed by atoms with E-state index in [0.717, 1.165) is 38.9 Å². The number of benzene rings is 3. The van der Waals surface area contributed by atoms with Crippen molar-refractivity contribution >= 4 is 38.9 Å². The second-order valence-corrected chi connectivity index (χ2v) is 6.11. The molecule has 124 valence electrons. The van der Waals surface area contributed by atoms with Crippen LogP contribution in [0, 0.1) is 0 Å². The summed E-state index contributed by atoms with van der Waals surface area (Å²) in [5.41, 5.74) is 4.43. The van der Waals surface area contributed by atoms with Crippen molar-refractivity contribution in [3.8, 4) is 0 Å². The van der Waals surface area contributed by atoms with E-state index in [1.165, 1.54) is 0 Å². The molecule has 0 atom stereocenters. The van der Waals surface area contributed by atoms with E-state index >= 15 is 0 Å². The van der Waals surface area contributed by atoms with Gasteiger partial charge in [-0.2, -0.15) is 20.1 Å². The van der Waals surface area contributed by atoms with Crippen molar-refractivity contribution in [1.82, 2.24) is 15.0 Å². The molecule has 3 aromatic carbocycles. The van der Waals surface area contributed by atoms with Crippen LogP contribution in [0.25, 0.3) is 21.8 Å². The summed E-state index contributed by atoms with van der Waals surface area (Å²) in [5.74, 6) is 0. The van der Waals surface area contributed by atoms with Crippen LogP contribution in [0.15, 0.2) is 64.8 Å². The minimum Gasteiger partial charge on any atom is -0.377 e. The van der Waals surface area contributed by atoms with Gasteiger partial charge in [-0.05, 0) is 30.3 Å². The van der Waals surface area contributed by atoms with Crippen LogP contribution in [0.4, 0.5) is 17.1 Å². The second-order valence-electron chi connectivity index (χ2n) is 6.11. The van der Waals surface area contributed by atoms with Crippen LogP contribution in [-0.4, -0.2) is 29.1 Å². The van der Waals surface area contributed by atoms with E-state index in [4.69, 9.17) is 0 Å². The molecule has 0 spiro atoms. The average molecular weight is 330 g/mol. The highest BCUT2D eigenvalue weighted by molar-refractivity contribution is 6.01. The molecule has 4 rings (SSSR count). The fourth-order valence-corrected chi connectivity index (χ4v) is 2.93. The number of nitrogens with zero attached hydrogens (tertiary/aromatic N) is 6. The van der Waals surface area contributed by atoms with Crippen LogP contribution in [0.3, 0.4) is 0 Å². The summed E-state index contributed by atoms with van der Waals surface area (Å²) in [7, 11) is 5.89. The standard InChI is InChI=1S/C19H18N6/c1-24(2)19-11-10-16(14-6-4-5-7-15(14)19)21-20-13-8-9-17-18(12-13)23-25(3)22-17/h4-12H,1-3H3. The van der Waals surface area contributed by atoms with Gasteiger partial charge in [-0.15, -0.1) is 5.11 Å². The predicted molar refractivity (Wildman–Crippen MR) is 101 cm³/mol. The highest BCUT2D eigenvalue weighted by Crippen LogP contribution is 2.34. The van der Waals surface area contributed by atoms with E-state index < -0.39 is 0 Å². The maximum Gasteiger partial charge on any atom is 0.115 e. The Balaban J connectivity index is 1.76. The third-order valence-electron chi connectivity index (χ3n) is 4.10. The summed E-state index contributed by atoms with van der Waals surface area (Å²) >= 11 is 0.